The first-order valence-electron chi connectivity index (χ1n) is 12.2. The molecule has 37 heavy (non-hydrogen) atoms. The van der Waals surface area contributed by atoms with Gasteiger partial charge in [0.2, 0.25) is 0 Å². The molecular weight excluding hydrogens is 458 g/mol. The van der Waals surface area contributed by atoms with Crippen LogP contribution in [0.3, 0.4) is 0 Å². The lowest BCUT2D eigenvalue weighted by Crippen LogP contribution is -2.10. The highest BCUT2D eigenvalue weighted by atomic mass is 16.3. The molecular formula is C32H19N3O2. The molecule has 0 bridgehead atoms. The largest absolute Gasteiger partial charge is 0.452 e. The van der Waals surface area contributed by atoms with Crippen LogP contribution in [0.25, 0.3) is 54.9 Å². The summed E-state index contributed by atoms with van der Waals surface area (Å²) in [7, 11) is 0. The molecule has 5 heteroatoms. The van der Waals surface area contributed by atoms with Crippen LogP contribution in [0, 0.1) is 0 Å². The Bertz CT molecular complexity index is 2010. The first-order chi connectivity index (χ1) is 18.3. The van der Waals surface area contributed by atoms with Crippen molar-refractivity contribution >= 4 is 72.0 Å². The van der Waals surface area contributed by atoms with Crippen LogP contribution in [0.5, 0.6) is 0 Å². The van der Waals surface area contributed by atoms with E-state index in [1.807, 2.05) is 54.7 Å². The average molecular weight is 478 g/mol. The SMILES string of the molecule is c1ccc2cc(N(c3cccc4c3oc3cccnc34)c3ccnc4c3oc3ccccc34)ccc2c1. The van der Waals surface area contributed by atoms with Crippen LogP contribution in [0.1, 0.15) is 0 Å². The molecule has 0 amide bonds. The minimum absolute atomic E-state index is 0.725. The van der Waals surface area contributed by atoms with Crippen LogP contribution in [0.4, 0.5) is 17.1 Å². The van der Waals surface area contributed by atoms with E-state index in [4.69, 9.17) is 13.8 Å². The van der Waals surface area contributed by atoms with Gasteiger partial charge in [0.05, 0.1) is 11.4 Å². The third-order valence-electron chi connectivity index (χ3n) is 6.94. The van der Waals surface area contributed by atoms with Crippen molar-refractivity contribution in [1.29, 1.82) is 0 Å². The lowest BCUT2D eigenvalue weighted by molar-refractivity contribution is 0.665. The zero-order chi connectivity index (χ0) is 24.3. The summed E-state index contributed by atoms with van der Waals surface area (Å²) in [5.41, 5.74) is 7.52. The van der Waals surface area contributed by atoms with E-state index in [2.05, 4.69) is 64.5 Å². The quantitative estimate of drug-likeness (QED) is 0.254. The monoisotopic (exact) mass is 477 g/mol. The molecule has 0 aliphatic carbocycles. The fraction of sp³-hybridized carbons (Fsp3) is 0. The zero-order valence-corrected chi connectivity index (χ0v) is 19.6. The Balaban J connectivity index is 1.48. The van der Waals surface area contributed by atoms with E-state index >= 15 is 0 Å². The third-order valence-corrected chi connectivity index (χ3v) is 6.94. The van der Waals surface area contributed by atoms with E-state index in [0.29, 0.717) is 0 Å². The summed E-state index contributed by atoms with van der Waals surface area (Å²) in [6.45, 7) is 0. The molecule has 8 rings (SSSR count). The van der Waals surface area contributed by atoms with Gasteiger partial charge in [-0.15, -0.1) is 0 Å². The standard InChI is InChI=1S/C32H19N3O2/c1-2-8-21-19-22(15-14-20(21)7-1)35(25-11-5-10-24-29-28(37-31(24)25)13-6-17-33-29)26-16-18-34-30-23-9-3-4-12-27(23)36-32(26)30/h1-19H. The summed E-state index contributed by atoms with van der Waals surface area (Å²) < 4.78 is 12.8. The van der Waals surface area contributed by atoms with Crippen LogP contribution in [-0.4, -0.2) is 9.97 Å². The van der Waals surface area contributed by atoms with Crippen molar-refractivity contribution in [2.24, 2.45) is 0 Å². The first kappa shape index (κ1) is 20.1. The van der Waals surface area contributed by atoms with Gasteiger partial charge < -0.3 is 13.7 Å². The molecule has 0 aliphatic heterocycles. The summed E-state index contributed by atoms with van der Waals surface area (Å²) in [5.74, 6) is 0. The maximum absolute atomic E-state index is 6.42. The van der Waals surface area contributed by atoms with Gasteiger partial charge in [-0.25, -0.2) is 0 Å². The van der Waals surface area contributed by atoms with Crippen molar-refractivity contribution in [3.8, 4) is 0 Å². The molecule has 0 spiro atoms. The van der Waals surface area contributed by atoms with Gasteiger partial charge in [0.25, 0.3) is 0 Å². The minimum atomic E-state index is 0.725. The summed E-state index contributed by atoms with van der Waals surface area (Å²) in [4.78, 5) is 11.5. The van der Waals surface area contributed by atoms with Gasteiger partial charge >= 0.3 is 0 Å². The maximum Gasteiger partial charge on any atom is 0.177 e. The molecule has 0 aliphatic rings. The molecule has 4 aromatic heterocycles. The predicted octanol–water partition coefficient (Wildman–Crippen LogP) is 8.90. The molecule has 0 N–H and O–H groups in total. The molecule has 5 nitrogen and oxygen atoms in total. The summed E-state index contributed by atoms with van der Waals surface area (Å²) in [5, 5.41) is 4.29. The molecule has 0 atom stereocenters. The smallest absolute Gasteiger partial charge is 0.177 e. The Kier molecular flexibility index (Phi) is 4.16. The molecule has 0 saturated carbocycles. The van der Waals surface area contributed by atoms with Gasteiger partial charge in [0.15, 0.2) is 16.7 Å². The molecule has 0 radical (unpaired) electrons. The van der Waals surface area contributed by atoms with Crippen LogP contribution in [-0.2, 0) is 0 Å². The van der Waals surface area contributed by atoms with Crippen molar-refractivity contribution in [1.82, 2.24) is 9.97 Å². The minimum Gasteiger partial charge on any atom is -0.452 e. The van der Waals surface area contributed by atoms with Gasteiger partial charge in [-0.05, 0) is 65.4 Å². The number of pyridine rings is 2. The molecule has 4 aromatic carbocycles. The Morgan fingerprint density at radius 3 is 2.24 bits per heavy atom. The van der Waals surface area contributed by atoms with E-state index in [1.165, 1.54) is 5.39 Å². The normalized spacial score (nSPS) is 11.8. The maximum atomic E-state index is 6.42. The fourth-order valence-electron chi connectivity index (χ4n) is 5.27. The van der Waals surface area contributed by atoms with Gasteiger partial charge in [-0.2, -0.15) is 0 Å². The van der Waals surface area contributed by atoms with E-state index < -0.39 is 0 Å². The fourth-order valence-corrected chi connectivity index (χ4v) is 5.27. The number of benzene rings is 4. The van der Waals surface area contributed by atoms with Crippen LogP contribution in [0.2, 0.25) is 0 Å². The van der Waals surface area contributed by atoms with Crippen LogP contribution >= 0.6 is 0 Å². The highest BCUT2D eigenvalue weighted by molar-refractivity contribution is 6.12. The van der Waals surface area contributed by atoms with Gasteiger partial charge in [-0.3, -0.25) is 9.97 Å². The molecule has 0 unspecified atom stereocenters. The summed E-state index contributed by atoms with van der Waals surface area (Å²) >= 11 is 0. The predicted molar refractivity (Wildman–Crippen MR) is 149 cm³/mol. The number of anilines is 3. The highest BCUT2D eigenvalue weighted by Crippen LogP contribution is 2.45. The van der Waals surface area contributed by atoms with E-state index in [9.17, 15) is 0 Å². The lowest BCUT2D eigenvalue weighted by atomic mass is 10.1. The van der Waals surface area contributed by atoms with Crippen LogP contribution in [0.15, 0.2) is 124 Å². The van der Waals surface area contributed by atoms with Crippen molar-refractivity contribution in [2.75, 3.05) is 4.90 Å². The third kappa shape index (κ3) is 2.98. The Labute approximate surface area is 211 Å². The van der Waals surface area contributed by atoms with Crippen molar-refractivity contribution in [3.63, 3.8) is 0 Å². The molecule has 8 aromatic rings. The van der Waals surface area contributed by atoms with Gasteiger partial charge in [0.1, 0.15) is 16.6 Å². The Morgan fingerprint density at radius 2 is 1.27 bits per heavy atom. The second-order valence-corrected chi connectivity index (χ2v) is 9.08. The van der Waals surface area contributed by atoms with Gasteiger partial charge in [-0.1, -0.05) is 48.5 Å². The number of aromatic nitrogens is 2. The first-order valence-corrected chi connectivity index (χ1v) is 12.2. The second-order valence-electron chi connectivity index (χ2n) is 9.08. The second kappa shape index (κ2) is 7.67. The van der Waals surface area contributed by atoms with Gasteiger partial charge in [0, 0.05) is 28.9 Å². The molecule has 174 valence electrons. The van der Waals surface area contributed by atoms with Crippen molar-refractivity contribution in [3.05, 3.63) is 116 Å². The summed E-state index contributed by atoms with van der Waals surface area (Å²) in [6, 6.07) is 34.9. The number of fused-ring (bicyclic) bond motifs is 7. The number of para-hydroxylation sites is 2. The topological polar surface area (TPSA) is 55.3 Å². The Hall–Kier alpha value is -5.16. The number of hydrogen-bond donors (Lipinski definition) is 0. The Morgan fingerprint density at radius 1 is 0.514 bits per heavy atom. The number of rotatable bonds is 3. The van der Waals surface area contributed by atoms with E-state index in [-0.39, 0.29) is 0 Å². The molecule has 0 saturated heterocycles. The zero-order valence-electron chi connectivity index (χ0n) is 19.6. The number of nitrogens with zero attached hydrogens (tertiary/aromatic N) is 3. The summed E-state index contributed by atoms with van der Waals surface area (Å²) in [6.07, 6.45) is 3.64. The van der Waals surface area contributed by atoms with Crippen LogP contribution < -0.4 is 4.90 Å². The average Bonchev–Trinajstić information content (AvgIpc) is 3.53. The van der Waals surface area contributed by atoms with E-state index in [0.717, 1.165) is 66.6 Å². The molecule has 4 heterocycles. The molecule has 0 fully saturated rings. The van der Waals surface area contributed by atoms with Crippen molar-refractivity contribution < 1.29 is 8.83 Å². The highest BCUT2D eigenvalue weighted by Gasteiger charge is 2.23. The number of hydrogen-bond acceptors (Lipinski definition) is 5. The van der Waals surface area contributed by atoms with Crippen molar-refractivity contribution in [2.45, 2.75) is 0 Å². The van der Waals surface area contributed by atoms with E-state index in [1.54, 1.807) is 6.20 Å². The number of furan rings is 2. The lowest BCUT2D eigenvalue weighted by Gasteiger charge is -2.25.